The first-order valence-electron chi connectivity index (χ1n) is 7.69. The van der Waals surface area contributed by atoms with E-state index in [1.54, 1.807) is 7.11 Å². The minimum absolute atomic E-state index is 0.0439. The van der Waals surface area contributed by atoms with Gasteiger partial charge in [-0.05, 0) is 55.3 Å². The van der Waals surface area contributed by atoms with E-state index in [0.717, 1.165) is 43.6 Å². The first-order chi connectivity index (χ1) is 11.5. The number of aryl methyl sites for hydroxylation is 2. The van der Waals surface area contributed by atoms with Crippen molar-refractivity contribution in [3.63, 3.8) is 0 Å². The van der Waals surface area contributed by atoms with Gasteiger partial charge in [-0.15, -0.1) is 0 Å². The molecule has 3 rings (SSSR count). The Hall–Kier alpha value is -2.27. The number of aromatic nitrogens is 1. The fourth-order valence-corrected chi connectivity index (χ4v) is 3.13. The number of anilines is 1. The highest BCUT2D eigenvalue weighted by Gasteiger charge is 2.13. The van der Waals surface area contributed by atoms with E-state index in [1.165, 1.54) is 0 Å². The molecular weight excluding hydrogens is 368 g/mol. The van der Waals surface area contributed by atoms with Gasteiger partial charge in [0.15, 0.2) is 0 Å². The standard InChI is InChI=1S/C19H19BrN2O2/c1-11-4-5-13(8-17(11)20)22-19(23)10-15-12(2)21-18-7-6-14(24-3)9-16(15)18/h4-9,21H,10H2,1-3H3,(H,22,23). The second kappa shape index (κ2) is 6.69. The van der Waals surface area contributed by atoms with E-state index in [0.29, 0.717) is 6.42 Å². The number of benzene rings is 2. The molecular formula is C19H19BrN2O2. The predicted molar refractivity (Wildman–Crippen MR) is 101 cm³/mol. The maximum absolute atomic E-state index is 12.5. The quantitative estimate of drug-likeness (QED) is 0.680. The summed E-state index contributed by atoms with van der Waals surface area (Å²) >= 11 is 3.49. The molecule has 2 N–H and O–H groups in total. The van der Waals surface area contributed by atoms with Crippen LogP contribution in [0.25, 0.3) is 10.9 Å². The fourth-order valence-electron chi connectivity index (χ4n) is 2.75. The molecule has 0 aliphatic carbocycles. The van der Waals surface area contributed by atoms with Gasteiger partial charge < -0.3 is 15.0 Å². The van der Waals surface area contributed by atoms with Gasteiger partial charge in [-0.3, -0.25) is 4.79 Å². The zero-order chi connectivity index (χ0) is 17.3. The van der Waals surface area contributed by atoms with E-state index in [1.807, 2.05) is 50.2 Å². The first kappa shape index (κ1) is 16.6. The summed E-state index contributed by atoms with van der Waals surface area (Å²) in [5.74, 6) is 0.739. The largest absolute Gasteiger partial charge is 0.497 e. The molecule has 0 spiro atoms. The van der Waals surface area contributed by atoms with Crippen LogP contribution >= 0.6 is 15.9 Å². The molecule has 0 fully saturated rings. The van der Waals surface area contributed by atoms with E-state index in [9.17, 15) is 4.79 Å². The van der Waals surface area contributed by atoms with E-state index in [-0.39, 0.29) is 5.91 Å². The number of amides is 1. The Morgan fingerprint density at radius 3 is 2.71 bits per heavy atom. The lowest BCUT2D eigenvalue weighted by Crippen LogP contribution is -2.14. The van der Waals surface area contributed by atoms with Gasteiger partial charge in [0, 0.05) is 26.8 Å². The van der Waals surface area contributed by atoms with Crippen molar-refractivity contribution >= 4 is 38.4 Å². The molecule has 0 bridgehead atoms. The van der Waals surface area contributed by atoms with Crippen molar-refractivity contribution in [2.45, 2.75) is 20.3 Å². The lowest BCUT2D eigenvalue weighted by Gasteiger charge is -2.08. The van der Waals surface area contributed by atoms with E-state index >= 15 is 0 Å². The maximum Gasteiger partial charge on any atom is 0.228 e. The first-order valence-corrected chi connectivity index (χ1v) is 8.48. The molecule has 1 amide bonds. The number of hydrogen-bond acceptors (Lipinski definition) is 2. The molecule has 2 aromatic carbocycles. The van der Waals surface area contributed by atoms with E-state index in [2.05, 4.69) is 26.2 Å². The molecule has 0 saturated carbocycles. The number of H-pyrrole nitrogens is 1. The Labute approximate surface area is 149 Å². The van der Waals surface area contributed by atoms with Crippen molar-refractivity contribution in [3.05, 3.63) is 57.7 Å². The number of nitrogens with one attached hydrogen (secondary N) is 2. The van der Waals surface area contributed by atoms with Crippen LogP contribution in [0.1, 0.15) is 16.8 Å². The van der Waals surface area contributed by atoms with Gasteiger partial charge in [0.25, 0.3) is 0 Å². The summed E-state index contributed by atoms with van der Waals surface area (Å²) in [6.07, 6.45) is 0.310. The van der Waals surface area contributed by atoms with Gasteiger partial charge in [-0.25, -0.2) is 0 Å². The lowest BCUT2D eigenvalue weighted by molar-refractivity contribution is -0.115. The minimum atomic E-state index is -0.0439. The minimum Gasteiger partial charge on any atom is -0.497 e. The topological polar surface area (TPSA) is 54.1 Å². The van der Waals surface area contributed by atoms with Gasteiger partial charge in [0.2, 0.25) is 5.91 Å². The summed E-state index contributed by atoms with van der Waals surface area (Å²) < 4.78 is 6.27. The summed E-state index contributed by atoms with van der Waals surface area (Å²) in [5, 5.41) is 3.98. The second-order valence-electron chi connectivity index (χ2n) is 5.83. The molecule has 1 aromatic heterocycles. The Kier molecular flexibility index (Phi) is 4.62. The van der Waals surface area contributed by atoms with E-state index < -0.39 is 0 Å². The van der Waals surface area contributed by atoms with E-state index in [4.69, 9.17) is 4.74 Å². The molecule has 4 nitrogen and oxygen atoms in total. The molecule has 124 valence electrons. The van der Waals surface area contributed by atoms with Gasteiger partial charge in [0.1, 0.15) is 5.75 Å². The average molecular weight is 387 g/mol. The highest BCUT2D eigenvalue weighted by molar-refractivity contribution is 9.10. The summed E-state index contributed by atoms with van der Waals surface area (Å²) in [6.45, 7) is 4.00. The van der Waals surface area contributed by atoms with Crippen LogP contribution in [0.4, 0.5) is 5.69 Å². The maximum atomic E-state index is 12.5. The number of methoxy groups -OCH3 is 1. The Balaban J connectivity index is 1.84. The smallest absolute Gasteiger partial charge is 0.228 e. The summed E-state index contributed by atoms with van der Waals surface area (Å²) in [4.78, 5) is 15.8. The number of aromatic amines is 1. The van der Waals surface area contributed by atoms with Crippen LogP contribution in [0.3, 0.4) is 0 Å². The van der Waals surface area contributed by atoms with Crippen LogP contribution in [-0.2, 0) is 11.2 Å². The van der Waals surface area contributed by atoms with Crippen LogP contribution in [-0.4, -0.2) is 18.0 Å². The summed E-state index contributed by atoms with van der Waals surface area (Å²) in [5.41, 5.74) is 4.92. The third kappa shape index (κ3) is 3.31. The zero-order valence-corrected chi connectivity index (χ0v) is 15.5. The number of carbonyl (C=O) groups excluding carboxylic acids is 1. The molecule has 3 aromatic rings. The summed E-state index contributed by atoms with van der Waals surface area (Å²) in [7, 11) is 1.64. The molecule has 1 heterocycles. The second-order valence-corrected chi connectivity index (χ2v) is 6.68. The van der Waals surface area contributed by atoms with Crippen molar-refractivity contribution in [3.8, 4) is 5.75 Å². The van der Waals surface area contributed by atoms with Crippen LogP contribution in [0, 0.1) is 13.8 Å². The lowest BCUT2D eigenvalue weighted by atomic mass is 10.1. The molecule has 0 atom stereocenters. The number of hydrogen-bond donors (Lipinski definition) is 2. The zero-order valence-electron chi connectivity index (χ0n) is 13.9. The third-order valence-electron chi connectivity index (χ3n) is 4.12. The molecule has 0 aliphatic heterocycles. The SMILES string of the molecule is COc1ccc2[nH]c(C)c(CC(=O)Nc3ccc(C)c(Br)c3)c2c1. The van der Waals surface area contributed by atoms with Gasteiger partial charge in [0.05, 0.1) is 13.5 Å². The molecule has 24 heavy (non-hydrogen) atoms. The third-order valence-corrected chi connectivity index (χ3v) is 4.97. The molecule has 0 unspecified atom stereocenters. The van der Waals surface area contributed by atoms with Crippen molar-refractivity contribution in [2.24, 2.45) is 0 Å². The van der Waals surface area contributed by atoms with Crippen LogP contribution in [0.15, 0.2) is 40.9 Å². The highest BCUT2D eigenvalue weighted by Crippen LogP contribution is 2.27. The number of ether oxygens (including phenoxy) is 1. The highest BCUT2D eigenvalue weighted by atomic mass is 79.9. The molecule has 0 saturated heterocycles. The average Bonchev–Trinajstić information content (AvgIpc) is 2.86. The van der Waals surface area contributed by atoms with Gasteiger partial charge >= 0.3 is 0 Å². The molecule has 0 aliphatic rings. The summed E-state index contributed by atoms with van der Waals surface area (Å²) in [6, 6.07) is 11.6. The number of rotatable bonds is 4. The van der Waals surface area contributed by atoms with Crippen LogP contribution < -0.4 is 10.1 Å². The Bertz CT molecular complexity index is 915. The monoisotopic (exact) mass is 386 g/mol. The number of carbonyl (C=O) groups is 1. The molecule has 0 radical (unpaired) electrons. The van der Waals surface area contributed by atoms with Crippen LogP contribution in [0.2, 0.25) is 0 Å². The van der Waals surface area contributed by atoms with Crippen molar-refractivity contribution in [1.82, 2.24) is 4.98 Å². The number of halogens is 1. The van der Waals surface area contributed by atoms with Crippen molar-refractivity contribution in [1.29, 1.82) is 0 Å². The van der Waals surface area contributed by atoms with Crippen molar-refractivity contribution < 1.29 is 9.53 Å². The normalized spacial score (nSPS) is 10.8. The predicted octanol–water partition coefficient (Wildman–Crippen LogP) is 4.74. The molecule has 5 heteroatoms. The Morgan fingerprint density at radius 2 is 2.00 bits per heavy atom. The van der Waals surface area contributed by atoms with Crippen LogP contribution in [0.5, 0.6) is 5.75 Å². The fraction of sp³-hybridized carbons (Fsp3) is 0.211. The van der Waals surface area contributed by atoms with Gasteiger partial charge in [-0.1, -0.05) is 22.0 Å². The van der Waals surface area contributed by atoms with Crippen molar-refractivity contribution in [2.75, 3.05) is 12.4 Å². The number of fused-ring (bicyclic) bond motifs is 1. The van der Waals surface area contributed by atoms with Gasteiger partial charge in [-0.2, -0.15) is 0 Å². The Morgan fingerprint density at radius 1 is 1.21 bits per heavy atom.